The molecule has 1 N–H and O–H groups in total. The van der Waals surface area contributed by atoms with E-state index in [0.29, 0.717) is 11.8 Å². The minimum absolute atomic E-state index is 0.376. The summed E-state index contributed by atoms with van der Waals surface area (Å²) >= 11 is 0. The number of hydrogen-bond donors (Lipinski definition) is 1. The van der Waals surface area contributed by atoms with E-state index in [1.165, 1.54) is 0 Å². The Morgan fingerprint density at radius 2 is 1.67 bits per heavy atom. The highest BCUT2D eigenvalue weighted by Crippen LogP contribution is 2.27. The fourth-order valence-electron chi connectivity index (χ4n) is 1.41. The maximum absolute atomic E-state index is 10.1. The molecule has 0 spiro atoms. The van der Waals surface area contributed by atoms with Crippen LogP contribution in [0, 0.1) is 11.8 Å². The fraction of sp³-hybridized carbons (Fsp3) is 1.00. The van der Waals surface area contributed by atoms with Gasteiger partial charge in [0, 0.05) is 0 Å². The largest absolute Gasteiger partial charge is 0.390 e. The van der Waals surface area contributed by atoms with E-state index in [9.17, 15) is 5.11 Å². The standard InChI is InChI=1S/C11H24O/c1-6-11(12,10(4)5)8-7-9(2)3/h9-10,12H,6-8H2,1-5H3. The second-order valence-corrected chi connectivity index (χ2v) is 4.54. The molecule has 0 amide bonds. The lowest BCUT2D eigenvalue weighted by atomic mass is 9.82. The molecule has 0 fully saturated rings. The minimum atomic E-state index is -0.426. The first-order valence-corrected chi connectivity index (χ1v) is 5.14. The van der Waals surface area contributed by atoms with E-state index in [4.69, 9.17) is 0 Å². The number of rotatable bonds is 5. The Bertz CT molecular complexity index is 118. The molecule has 74 valence electrons. The molecule has 0 aliphatic carbocycles. The van der Waals surface area contributed by atoms with Crippen molar-refractivity contribution in [3.63, 3.8) is 0 Å². The normalized spacial score (nSPS) is 17.0. The molecule has 0 aliphatic heterocycles. The SMILES string of the molecule is CCC(O)(CCC(C)C)C(C)C. The van der Waals surface area contributed by atoms with Crippen LogP contribution in [0.3, 0.4) is 0 Å². The zero-order chi connectivity index (χ0) is 9.78. The highest BCUT2D eigenvalue weighted by molar-refractivity contribution is 4.80. The summed E-state index contributed by atoms with van der Waals surface area (Å²) in [6, 6.07) is 0. The van der Waals surface area contributed by atoms with Gasteiger partial charge in [0.2, 0.25) is 0 Å². The van der Waals surface area contributed by atoms with Crippen molar-refractivity contribution in [3.8, 4) is 0 Å². The lowest BCUT2D eigenvalue weighted by molar-refractivity contribution is -0.0206. The second-order valence-electron chi connectivity index (χ2n) is 4.54. The van der Waals surface area contributed by atoms with Crippen LogP contribution in [0.25, 0.3) is 0 Å². The van der Waals surface area contributed by atoms with E-state index in [2.05, 4.69) is 34.6 Å². The van der Waals surface area contributed by atoms with Gasteiger partial charge in [-0.05, 0) is 31.1 Å². The minimum Gasteiger partial charge on any atom is -0.390 e. The lowest BCUT2D eigenvalue weighted by Gasteiger charge is -2.31. The van der Waals surface area contributed by atoms with Crippen LogP contribution in [-0.2, 0) is 0 Å². The summed E-state index contributed by atoms with van der Waals surface area (Å²) in [5.41, 5.74) is -0.426. The van der Waals surface area contributed by atoms with Crippen molar-refractivity contribution in [2.45, 2.75) is 59.5 Å². The molecule has 1 nitrogen and oxygen atoms in total. The van der Waals surface area contributed by atoms with Crippen molar-refractivity contribution in [2.75, 3.05) is 0 Å². The lowest BCUT2D eigenvalue weighted by Crippen LogP contribution is -2.34. The summed E-state index contributed by atoms with van der Waals surface area (Å²) in [6.45, 7) is 10.7. The molecule has 0 aromatic rings. The van der Waals surface area contributed by atoms with Crippen LogP contribution in [0.15, 0.2) is 0 Å². The van der Waals surface area contributed by atoms with Crippen LogP contribution in [0.2, 0.25) is 0 Å². The van der Waals surface area contributed by atoms with Gasteiger partial charge in [-0.3, -0.25) is 0 Å². The van der Waals surface area contributed by atoms with Crippen molar-refractivity contribution < 1.29 is 5.11 Å². The van der Waals surface area contributed by atoms with Crippen molar-refractivity contribution in [2.24, 2.45) is 11.8 Å². The Labute approximate surface area is 77.2 Å². The summed E-state index contributed by atoms with van der Waals surface area (Å²) in [7, 11) is 0. The smallest absolute Gasteiger partial charge is 0.0668 e. The van der Waals surface area contributed by atoms with Gasteiger partial charge < -0.3 is 5.11 Å². The third kappa shape index (κ3) is 3.57. The highest BCUT2D eigenvalue weighted by atomic mass is 16.3. The summed E-state index contributed by atoms with van der Waals surface area (Å²) in [4.78, 5) is 0. The molecular formula is C11H24O. The molecular weight excluding hydrogens is 148 g/mol. The van der Waals surface area contributed by atoms with Gasteiger partial charge in [0.05, 0.1) is 5.60 Å². The molecule has 0 saturated heterocycles. The van der Waals surface area contributed by atoms with Crippen LogP contribution >= 0.6 is 0 Å². The monoisotopic (exact) mass is 172 g/mol. The Balaban J connectivity index is 3.97. The maximum Gasteiger partial charge on any atom is 0.0668 e. The van der Waals surface area contributed by atoms with Crippen LogP contribution in [-0.4, -0.2) is 10.7 Å². The first-order valence-electron chi connectivity index (χ1n) is 5.14. The number of hydrogen-bond acceptors (Lipinski definition) is 1. The summed E-state index contributed by atoms with van der Waals surface area (Å²) in [6.07, 6.45) is 2.94. The highest BCUT2D eigenvalue weighted by Gasteiger charge is 2.28. The first kappa shape index (κ1) is 12.0. The average molecular weight is 172 g/mol. The zero-order valence-corrected chi connectivity index (χ0v) is 9.22. The van der Waals surface area contributed by atoms with Crippen LogP contribution < -0.4 is 0 Å². The van der Waals surface area contributed by atoms with Gasteiger partial charge in [0.25, 0.3) is 0 Å². The molecule has 0 rings (SSSR count). The van der Waals surface area contributed by atoms with Crippen molar-refractivity contribution >= 4 is 0 Å². The van der Waals surface area contributed by atoms with E-state index in [-0.39, 0.29) is 0 Å². The molecule has 0 radical (unpaired) electrons. The van der Waals surface area contributed by atoms with Gasteiger partial charge >= 0.3 is 0 Å². The van der Waals surface area contributed by atoms with Crippen molar-refractivity contribution in [1.82, 2.24) is 0 Å². The Kier molecular flexibility index (Phi) is 4.84. The molecule has 1 unspecified atom stereocenters. The quantitative estimate of drug-likeness (QED) is 0.675. The molecule has 0 heterocycles. The molecule has 1 heteroatoms. The Morgan fingerprint density at radius 3 is 1.92 bits per heavy atom. The molecule has 0 aromatic heterocycles. The van der Waals surface area contributed by atoms with Crippen molar-refractivity contribution in [3.05, 3.63) is 0 Å². The fourth-order valence-corrected chi connectivity index (χ4v) is 1.41. The van der Waals surface area contributed by atoms with Gasteiger partial charge in [-0.1, -0.05) is 34.6 Å². The molecule has 1 atom stereocenters. The van der Waals surface area contributed by atoms with E-state index >= 15 is 0 Å². The van der Waals surface area contributed by atoms with Gasteiger partial charge in [-0.15, -0.1) is 0 Å². The Hall–Kier alpha value is -0.0400. The summed E-state index contributed by atoms with van der Waals surface area (Å²) < 4.78 is 0. The predicted molar refractivity (Wildman–Crippen MR) is 54.2 cm³/mol. The van der Waals surface area contributed by atoms with E-state index in [1.807, 2.05) is 0 Å². The number of aliphatic hydroxyl groups is 1. The van der Waals surface area contributed by atoms with Gasteiger partial charge in [-0.25, -0.2) is 0 Å². The van der Waals surface area contributed by atoms with Gasteiger partial charge in [0.15, 0.2) is 0 Å². The summed E-state index contributed by atoms with van der Waals surface area (Å²) in [5, 5.41) is 10.1. The second kappa shape index (κ2) is 4.86. The third-order valence-corrected chi connectivity index (χ3v) is 2.84. The molecule has 0 aliphatic rings. The Morgan fingerprint density at radius 1 is 1.17 bits per heavy atom. The van der Waals surface area contributed by atoms with Gasteiger partial charge in [-0.2, -0.15) is 0 Å². The van der Waals surface area contributed by atoms with Crippen LogP contribution in [0.4, 0.5) is 0 Å². The van der Waals surface area contributed by atoms with E-state index < -0.39 is 5.60 Å². The molecule has 0 saturated carbocycles. The topological polar surface area (TPSA) is 20.2 Å². The third-order valence-electron chi connectivity index (χ3n) is 2.84. The van der Waals surface area contributed by atoms with Crippen LogP contribution in [0.1, 0.15) is 53.9 Å². The predicted octanol–water partition coefficient (Wildman–Crippen LogP) is 3.22. The van der Waals surface area contributed by atoms with Gasteiger partial charge in [0.1, 0.15) is 0 Å². The van der Waals surface area contributed by atoms with Crippen LogP contribution in [0.5, 0.6) is 0 Å². The summed E-state index contributed by atoms with van der Waals surface area (Å²) in [5.74, 6) is 1.07. The van der Waals surface area contributed by atoms with Crippen molar-refractivity contribution in [1.29, 1.82) is 0 Å². The average Bonchev–Trinajstić information content (AvgIpc) is 1.99. The maximum atomic E-state index is 10.1. The first-order chi connectivity index (χ1) is 5.42. The van der Waals surface area contributed by atoms with E-state index in [1.54, 1.807) is 0 Å². The molecule has 0 aromatic carbocycles. The van der Waals surface area contributed by atoms with E-state index in [0.717, 1.165) is 19.3 Å². The zero-order valence-electron chi connectivity index (χ0n) is 9.22. The molecule has 0 bridgehead atoms. The molecule has 12 heavy (non-hydrogen) atoms.